The van der Waals surface area contributed by atoms with E-state index >= 15 is 0 Å². The molecule has 0 radical (unpaired) electrons. The lowest BCUT2D eigenvalue weighted by Crippen LogP contribution is -2.55. The first-order valence-electron chi connectivity index (χ1n) is 26.6. The third-order valence-electron chi connectivity index (χ3n) is 10.8. The largest absolute Gasteiger partial charge is 0.480 e. The summed E-state index contributed by atoms with van der Waals surface area (Å²) in [6, 6.07) is 6.17. The predicted molar refractivity (Wildman–Crippen MR) is 278 cm³/mol. The van der Waals surface area contributed by atoms with Gasteiger partial charge in [-0.15, -0.1) is 0 Å². The zero-order valence-electron chi connectivity index (χ0n) is 45.2. The first kappa shape index (κ1) is 69.2. The van der Waals surface area contributed by atoms with Crippen LogP contribution in [0, 0.1) is 5.92 Å². The molecule has 0 saturated heterocycles. The van der Waals surface area contributed by atoms with E-state index in [0.717, 1.165) is 24.8 Å². The molecule has 23 heteroatoms. The average Bonchev–Trinajstić information content (AvgIpc) is 3.39. The van der Waals surface area contributed by atoms with Crippen molar-refractivity contribution >= 4 is 30.0 Å². The van der Waals surface area contributed by atoms with Gasteiger partial charge in [0.25, 0.3) is 0 Å². The van der Waals surface area contributed by atoms with Crippen LogP contribution in [0.25, 0.3) is 0 Å². The number of ether oxygens (including phenoxy) is 11. The number of nitrogens with two attached hydrogens (primary N) is 1. The molecular weight excluding hydrogens is 983 g/mol. The Labute approximate surface area is 445 Å². The van der Waals surface area contributed by atoms with Crippen LogP contribution in [-0.2, 0) is 87.3 Å². The summed E-state index contributed by atoms with van der Waals surface area (Å²) in [6.07, 6.45) is 5.17. The fourth-order valence-electron chi connectivity index (χ4n) is 6.76. The van der Waals surface area contributed by atoms with Gasteiger partial charge in [0.15, 0.2) is 5.78 Å². The quantitative estimate of drug-likeness (QED) is 0.0308. The molecule has 0 spiro atoms. The van der Waals surface area contributed by atoms with Gasteiger partial charge < -0.3 is 78.9 Å². The maximum atomic E-state index is 13.6. The second-order valence-corrected chi connectivity index (χ2v) is 17.5. The average molecular weight is 1080 g/mol. The van der Waals surface area contributed by atoms with E-state index in [1.54, 1.807) is 0 Å². The van der Waals surface area contributed by atoms with Gasteiger partial charge in [-0.25, -0.2) is 0 Å². The summed E-state index contributed by atoms with van der Waals surface area (Å²) in [5, 5.41) is 17.5. The number of hydrogen-bond donors (Lipinski definition) is 6. The van der Waals surface area contributed by atoms with Crippen molar-refractivity contribution in [3.8, 4) is 0 Å². The molecule has 1 aromatic carbocycles. The van der Waals surface area contributed by atoms with Gasteiger partial charge in [0, 0.05) is 6.42 Å². The minimum atomic E-state index is -0.962. The summed E-state index contributed by atoms with van der Waals surface area (Å²) >= 11 is 0. The number of nitrogens with one attached hydrogen (secondary N) is 4. The van der Waals surface area contributed by atoms with Gasteiger partial charge in [0.05, 0.1) is 158 Å². The standard InChI is InChI=1S/C52H93N5O18/c1-4-5-13-45(54-42-58)50(60)56-48(40-43(2)3)51(61)55-47(41-44-11-7-6-8-12-44)49(59)15-17-64-18-19-65-20-21-66-22-23-67-24-25-68-26-27-69-28-29-70-30-31-71-32-33-72-34-35-73-36-37-74-38-39-75-57-46(52(62)63)14-9-10-16-53/h6-8,11-12,42-43,45-48,57H,4-5,9-10,13-41,53H2,1-3H3,(H,54,58)(H,55,61)(H,56,60)(H,62,63)/t45-,46-,47-,48-/m0/s1. The Morgan fingerprint density at radius 1 is 0.533 bits per heavy atom. The van der Waals surface area contributed by atoms with E-state index in [1.165, 1.54) is 0 Å². The van der Waals surface area contributed by atoms with Crippen LogP contribution < -0.4 is 27.2 Å². The minimum absolute atomic E-state index is 0.0745. The Morgan fingerprint density at radius 3 is 1.33 bits per heavy atom. The van der Waals surface area contributed by atoms with Crippen LogP contribution in [-0.4, -0.2) is 218 Å². The minimum Gasteiger partial charge on any atom is -0.480 e. The molecule has 0 aliphatic rings. The fraction of sp³-hybridized carbons (Fsp3) is 0.788. The van der Waals surface area contributed by atoms with E-state index < -0.39 is 42.0 Å². The van der Waals surface area contributed by atoms with E-state index in [2.05, 4.69) is 21.4 Å². The van der Waals surface area contributed by atoms with Crippen molar-refractivity contribution in [3.63, 3.8) is 0 Å². The van der Waals surface area contributed by atoms with Gasteiger partial charge in [0.2, 0.25) is 18.2 Å². The number of carbonyl (C=O) groups is 5. The van der Waals surface area contributed by atoms with E-state index in [9.17, 15) is 29.1 Å². The fourth-order valence-corrected chi connectivity index (χ4v) is 6.76. The van der Waals surface area contributed by atoms with Crippen LogP contribution in [0.3, 0.4) is 0 Å². The molecule has 0 heterocycles. The summed E-state index contributed by atoms with van der Waals surface area (Å²) in [5.41, 5.74) is 8.87. The maximum absolute atomic E-state index is 13.6. The molecule has 1 aromatic rings. The molecule has 3 amide bonds. The number of carboxylic acid groups (broad SMARTS) is 1. The number of carboxylic acids is 1. The predicted octanol–water partition coefficient (Wildman–Crippen LogP) is 1.79. The molecule has 0 aliphatic heterocycles. The van der Waals surface area contributed by atoms with Crippen molar-refractivity contribution in [2.75, 3.05) is 159 Å². The monoisotopic (exact) mass is 1080 g/mol. The number of hydroxylamine groups is 1. The van der Waals surface area contributed by atoms with Crippen LogP contribution >= 0.6 is 0 Å². The molecule has 75 heavy (non-hydrogen) atoms. The molecule has 0 aliphatic carbocycles. The highest BCUT2D eigenvalue weighted by Crippen LogP contribution is 2.11. The van der Waals surface area contributed by atoms with Crippen molar-refractivity contribution < 1.29 is 86.0 Å². The number of unbranched alkanes of at least 4 members (excludes halogenated alkanes) is 2. The van der Waals surface area contributed by atoms with Gasteiger partial charge in [0.1, 0.15) is 18.1 Å². The number of aliphatic carboxylic acids is 1. The Balaban J connectivity index is 1.98. The Hall–Kier alpha value is -3.79. The van der Waals surface area contributed by atoms with E-state index in [1.807, 2.05) is 51.1 Å². The first-order valence-corrected chi connectivity index (χ1v) is 26.6. The molecule has 0 unspecified atom stereocenters. The lowest BCUT2D eigenvalue weighted by atomic mass is 9.98. The molecule has 434 valence electrons. The zero-order valence-corrected chi connectivity index (χ0v) is 45.2. The molecular formula is C52H93N5O18. The second-order valence-electron chi connectivity index (χ2n) is 17.5. The van der Waals surface area contributed by atoms with Gasteiger partial charge in [-0.05, 0) is 56.6 Å². The third kappa shape index (κ3) is 42.0. The molecule has 0 fully saturated rings. The smallest absolute Gasteiger partial charge is 0.323 e. The highest BCUT2D eigenvalue weighted by atomic mass is 16.7. The molecule has 23 nitrogen and oxygen atoms in total. The molecule has 0 bridgehead atoms. The van der Waals surface area contributed by atoms with Crippen molar-refractivity contribution in [2.24, 2.45) is 11.7 Å². The summed E-state index contributed by atoms with van der Waals surface area (Å²) in [6.45, 7) is 15.4. The summed E-state index contributed by atoms with van der Waals surface area (Å²) in [4.78, 5) is 67.7. The summed E-state index contributed by atoms with van der Waals surface area (Å²) < 4.78 is 60.7. The number of carbonyl (C=O) groups excluding carboxylic acids is 4. The molecule has 1 rings (SSSR count). The number of hydrogen-bond acceptors (Lipinski definition) is 19. The van der Waals surface area contributed by atoms with Crippen LogP contribution in [0.15, 0.2) is 30.3 Å². The lowest BCUT2D eigenvalue weighted by molar-refractivity contribution is -0.145. The molecule has 0 saturated carbocycles. The number of ketones is 1. The van der Waals surface area contributed by atoms with Crippen LogP contribution in [0.1, 0.15) is 77.7 Å². The summed E-state index contributed by atoms with van der Waals surface area (Å²) in [5.74, 6) is -1.97. The van der Waals surface area contributed by atoms with Gasteiger partial charge >= 0.3 is 5.97 Å². The molecule has 7 N–H and O–H groups in total. The van der Waals surface area contributed by atoms with Gasteiger partial charge in [-0.3, -0.25) is 28.8 Å². The highest BCUT2D eigenvalue weighted by molar-refractivity contribution is 5.94. The van der Waals surface area contributed by atoms with E-state index in [-0.39, 0.29) is 44.4 Å². The number of benzene rings is 1. The van der Waals surface area contributed by atoms with Crippen molar-refractivity contribution in [1.29, 1.82) is 0 Å². The second kappa shape index (κ2) is 51.0. The van der Waals surface area contributed by atoms with Crippen molar-refractivity contribution in [2.45, 2.75) is 103 Å². The van der Waals surface area contributed by atoms with E-state index in [4.69, 9.17) is 62.7 Å². The van der Waals surface area contributed by atoms with Crippen LogP contribution in [0.5, 0.6) is 0 Å². The summed E-state index contributed by atoms with van der Waals surface area (Å²) in [7, 11) is 0. The third-order valence-corrected chi connectivity index (χ3v) is 10.8. The number of rotatable bonds is 57. The zero-order chi connectivity index (χ0) is 54.7. The van der Waals surface area contributed by atoms with Gasteiger partial charge in [-0.1, -0.05) is 63.9 Å². The number of Topliss-reactive ketones (excluding diaryl/α,β-unsaturated/α-hetero) is 1. The Bertz CT molecular complexity index is 1520. The highest BCUT2D eigenvalue weighted by Gasteiger charge is 2.29. The number of amides is 3. The molecule has 0 aromatic heterocycles. The van der Waals surface area contributed by atoms with Crippen molar-refractivity contribution in [3.05, 3.63) is 35.9 Å². The normalized spacial score (nSPS) is 13.1. The maximum Gasteiger partial charge on any atom is 0.323 e. The first-order chi connectivity index (χ1) is 36.6. The topological polar surface area (TPSA) is 290 Å². The van der Waals surface area contributed by atoms with Crippen LogP contribution in [0.4, 0.5) is 0 Å². The molecule has 4 atom stereocenters. The Kier molecular flexibility index (Phi) is 47.1. The van der Waals surface area contributed by atoms with Crippen molar-refractivity contribution in [1.82, 2.24) is 21.4 Å². The SMILES string of the molecule is CCCC[C@H](NC=O)C(=O)N[C@@H](CC(C)C)C(=O)N[C@@H](Cc1ccccc1)C(=O)CCOCCOCCOCCOCCOCCOCCOCCOCCOCCOCCOCCON[C@@H](CCCCN)C(=O)O. The van der Waals surface area contributed by atoms with E-state index in [0.29, 0.717) is 171 Å². The van der Waals surface area contributed by atoms with Crippen LogP contribution in [0.2, 0.25) is 0 Å². The van der Waals surface area contributed by atoms with Gasteiger partial charge in [-0.2, -0.15) is 5.48 Å². The Morgan fingerprint density at radius 2 is 0.933 bits per heavy atom. The lowest BCUT2D eigenvalue weighted by Gasteiger charge is -2.26.